The Morgan fingerprint density at radius 3 is 2.75 bits per heavy atom. The first kappa shape index (κ1) is 16.7. The van der Waals surface area contributed by atoms with E-state index >= 15 is 0 Å². The van der Waals surface area contributed by atoms with Crippen LogP contribution in [-0.2, 0) is 9.63 Å². The molecule has 6 nitrogen and oxygen atoms in total. The van der Waals surface area contributed by atoms with Gasteiger partial charge in [0, 0.05) is 5.56 Å². The molecule has 0 fully saturated rings. The van der Waals surface area contributed by atoms with E-state index in [1.807, 2.05) is 13.0 Å². The number of benzene rings is 1. The predicted molar refractivity (Wildman–Crippen MR) is 92.3 cm³/mol. The quantitative estimate of drug-likeness (QED) is 0.868. The average Bonchev–Trinajstić information content (AvgIpc) is 2.92. The summed E-state index contributed by atoms with van der Waals surface area (Å²) in [6.45, 7) is 1.87. The lowest BCUT2D eigenvalue weighted by molar-refractivity contribution is -0.115. The van der Waals surface area contributed by atoms with E-state index in [9.17, 15) is 4.79 Å². The first-order valence-corrected chi connectivity index (χ1v) is 7.95. The third kappa shape index (κ3) is 3.67. The molecule has 2 aromatic rings. The minimum atomic E-state index is -0.243. The summed E-state index contributed by atoms with van der Waals surface area (Å²) in [5.74, 6) is -0.184. The van der Waals surface area contributed by atoms with E-state index in [1.165, 1.54) is 18.7 Å². The molecule has 1 atom stereocenters. The number of nitrogens with one attached hydrogen (secondary N) is 2. The van der Waals surface area contributed by atoms with Gasteiger partial charge in [0.1, 0.15) is 12.4 Å². The van der Waals surface area contributed by atoms with Gasteiger partial charge in [-0.05, 0) is 24.6 Å². The van der Waals surface area contributed by atoms with Gasteiger partial charge in [-0.1, -0.05) is 29.3 Å². The first-order chi connectivity index (χ1) is 11.5. The van der Waals surface area contributed by atoms with Crippen LogP contribution in [0, 0.1) is 0 Å². The summed E-state index contributed by atoms with van der Waals surface area (Å²) < 4.78 is 0. The lowest BCUT2D eigenvalue weighted by Gasteiger charge is -2.09. The van der Waals surface area contributed by atoms with Gasteiger partial charge in [0.15, 0.2) is 0 Å². The molecule has 1 unspecified atom stereocenters. The third-order valence-electron chi connectivity index (χ3n) is 3.55. The fourth-order valence-electron chi connectivity index (χ4n) is 2.36. The minimum Gasteiger partial charge on any atom is -0.323 e. The van der Waals surface area contributed by atoms with Crippen molar-refractivity contribution in [2.75, 3.05) is 5.32 Å². The molecule has 2 heterocycles. The van der Waals surface area contributed by atoms with Crippen LogP contribution >= 0.6 is 23.2 Å². The fourth-order valence-corrected chi connectivity index (χ4v) is 2.66. The largest absolute Gasteiger partial charge is 0.323 e. The van der Waals surface area contributed by atoms with Gasteiger partial charge in [0.05, 0.1) is 40.2 Å². The Balaban J connectivity index is 1.82. The highest BCUT2D eigenvalue weighted by molar-refractivity contribution is 6.42. The molecule has 1 aliphatic heterocycles. The van der Waals surface area contributed by atoms with Crippen LogP contribution in [0.25, 0.3) is 5.70 Å². The van der Waals surface area contributed by atoms with E-state index in [1.54, 1.807) is 12.1 Å². The number of carbonyl (C=O) groups excluding carboxylic acids is 1. The highest BCUT2D eigenvalue weighted by atomic mass is 35.5. The monoisotopic (exact) mass is 364 g/mol. The van der Waals surface area contributed by atoms with Crippen LogP contribution < -0.4 is 10.8 Å². The Kier molecular flexibility index (Phi) is 4.99. The Labute approximate surface area is 148 Å². The van der Waals surface area contributed by atoms with Crippen LogP contribution in [0.4, 0.5) is 5.69 Å². The van der Waals surface area contributed by atoms with Gasteiger partial charge in [-0.2, -0.15) is 0 Å². The molecular formula is C16H14Cl2N4O2. The average molecular weight is 365 g/mol. The number of halogens is 2. The van der Waals surface area contributed by atoms with E-state index in [-0.39, 0.29) is 18.4 Å². The Hall–Kier alpha value is -2.15. The lowest BCUT2D eigenvalue weighted by atomic mass is 10.0. The molecule has 0 bridgehead atoms. The van der Waals surface area contributed by atoms with Gasteiger partial charge < -0.3 is 5.32 Å². The van der Waals surface area contributed by atoms with Crippen molar-refractivity contribution in [1.29, 1.82) is 0 Å². The fraction of sp³-hybridized carbons (Fsp3) is 0.188. The number of anilines is 1. The zero-order valence-corrected chi connectivity index (χ0v) is 14.2. The molecule has 1 amide bonds. The molecule has 0 saturated carbocycles. The van der Waals surface area contributed by atoms with Crippen molar-refractivity contribution in [2.45, 2.75) is 19.4 Å². The zero-order valence-electron chi connectivity index (χ0n) is 12.7. The van der Waals surface area contributed by atoms with Crippen LogP contribution in [0.1, 0.15) is 18.9 Å². The number of hydrogen-bond acceptors (Lipinski definition) is 5. The standard InChI is InChI=1S/C16H14Cl2N4O2/c1-9-12(5-15(23)21-11-6-19-8-20-7-11)16(22-24-9)10-2-3-13(17)14(18)4-10/h2-4,6-9,22H,5H2,1H3,(H,21,23). The van der Waals surface area contributed by atoms with Crippen molar-refractivity contribution in [3.63, 3.8) is 0 Å². The molecule has 0 spiro atoms. The van der Waals surface area contributed by atoms with E-state index in [4.69, 9.17) is 28.0 Å². The summed E-state index contributed by atoms with van der Waals surface area (Å²) >= 11 is 12.0. The van der Waals surface area contributed by atoms with Gasteiger partial charge in [-0.25, -0.2) is 9.97 Å². The maximum Gasteiger partial charge on any atom is 0.228 e. The second-order valence-corrected chi connectivity index (χ2v) is 6.06. The SMILES string of the molecule is CC1ONC(c2ccc(Cl)c(Cl)c2)=C1CC(=O)Nc1cncnc1. The van der Waals surface area contributed by atoms with Crippen molar-refractivity contribution in [2.24, 2.45) is 0 Å². The van der Waals surface area contributed by atoms with Crippen LogP contribution in [0.2, 0.25) is 10.0 Å². The minimum absolute atomic E-state index is 0.165. The number of aromatic nitrogens is 2. The van der Waals surface area contributed by atoms with Crippen molar-refractivity contribution >= 4 is 40.5 Å². The summed E-state index contributed by atoms with van der Waals surface area (Å²) in [7, 11) is 0. The number of amides is 1. The van der Waals surface area contributed by atoms with Gasteiger partial charge in [0.2, 0.25) is 5.91 Å². The van der Waals surface area contributed by atoms with E-state index in [0.29, 0.717) is 15.7 Å². The number of carbonyl (C=O) groups is 1. The van der Waals surface area contributed by atoms with Gasteiger partial charge in [0.25, 0.3) is 0 Å². The molecule has 2 N–H and O–H groups in total. The molecule has 1 aliphatic rings. The molecule has 0 aliphatic carbocycles. The van der Waals surface area contributed by atoms with E-state index < -0.39 is 0 Å². The first-order valence-electron chi connectivity index (χ1n) is 7.19. The molecule has 1 aromatic heterocycles. The molecule has 0 saturated heterocycles. The highest BCUT2D eigenvalue weighted by Gasteiger charge is 2.26. The van der Waals surface area contributed by atoms with Gasteiger partial charge in [-0.3, -0.25) is 15.1 Å². The van der Waals surface area contributed by atoms with Crippen molar-refractivity contribution in [3.8, 4) is 0 Å². The number of nitrogens with zero attached hydrogens (tertiary/aromatic N) is 2. The Morgan fingerprint density at radius 2 is 2.04 bits per heavy atom. The molecular weight excluding hydrogens is 351 g/mol. The summed E-state index contributed by atoms with van der Waals surface area (Å²) in [5.41, 5.74) is 5.75. The van der Waals surface area contributed by atoms with Crippen molar-refractivity contribution < 1.29 is 9.63 Å². The number of hydroxylamine groups is 1. The van der Waals surface area contributed by atoms with E-state index in [0.717, 1.165) is 16.8 Å². The smallest absolute Gasteiger partial charge is 0.228 e. The van der Waals surface area contributed by atoms with Crippen LogP contribution in [0.5, 0.6) is 0 Å². The summed E-state index contributed by atoms with van der Waals surface area (Å²) in [4.78, 5) is 25.5. The van der Waals surface area contributed by atoms with E-state index in [2.05, 4.69) is 20.8 Å². The molecule has 124 valence electrons. The maximum absolute atomic E-state index is 12.3. The van der Waals surface area contributed by atoms with Gasteiger partial charge in [-0.15, -0.1) is 0 Å². The summed E-state index contributed by atoms with van der Waals surface area (Å²) in [6, 6.07) is 5.26. The maximum atomic E-state index is 12.3. The Bertz CT molecular complexity index is 796. The Morgan fingerprint density at radius 1 is 1.29 bits per heavy atom. The topological polar surface area (TPSA) is 76.1 Å². The van der Waals surface area contributed by atoms with Crippen LogP contribution in [-0.4, -0.2) is 22.0 Å². The normalized spacial score (nSPS) is 16.9. The van der Waals surface area contributed by atoms with Crippen molar-refractivity contribution in [3.05, 3.63) is 58.1 Å². The second kappa shape index (κ2) is 7.17. The predicted octanol–water partition coefficient (Wildman–Crippen LogP) is 3.45. The molecule has 3 rings (SSSR count). The van der Waals surface area contributed by atoms with Crippen LogP contribution in [0.15, 0.2) is 42.5 Å². The molecule has 1 aromatic carbocycles. The zero-order chi connectivity index (χ0) is 17.1. The summed E-state index contributed by atoms with van der Waals surface area (Å²) in [6.07, 6.45) is 4.39. The van der Waals surface area contributed by atoms with Gasteiger partial charge >= 0.3 is 0 Å². The lowest BCUT2D eigenvalue weighted by Crippen LogP contribution is -2.16. The second-order valence-electron chi connectivity index (χ2n) is 5.24. The van der Waals surface area contributed by atoms with Crippen molar-refractivity contribution in [1.82, 2.24) is 15.4 Å². The number of rotatable bonds is 4. The summed E-state index contributed by atoms with van der Waals surface area (Å²) in [5, 5.41) is 3.66. The highest BCUT2D eigenvalue weighted by Crippen LogP contribution is 2.31. The molecule has 24 heavy (non-hydrogen) atoms. The third-order valence-corrected chi connectivity index (χ3v) is 4.29. The van der Waals surface area contributed by atoms with Crippen LogP contribution in [0.3, 0.4) is 0 Å². The number of hydrogen-bond donors (Lipinski definition) is 2. The molecule has 0 radical (unpaired) electrons. The molecule has 8 heteroatoms.